The first-order valence-corrected chi connectivity index (χ1v) is 9.64. The van der Waals surface area contributed by atoms with E-state index in [0.29, 0.717) is 10.5 Å². The minimum atomic E-state index is -3.62. The highest BCUT2D eigenvalue weighted by Crippen LogP contribution is 2.39. The number of benzene rings is 3. The highest BCUT2D eigenvalue weighted by Gasteiger charge is 2.32. The molecule has 0 fully saturated rings. The highest BCUT2D eigenvalue weighted by atomic mass is 32.2. The van der Waals surface area contributed by atoms with Gasteiger partial charge in [0, 0.05) is 0 Å². The van der Waals surface area contributed by atoms with Crippen molar-refractivity contribution in [3.05, 3.63) is 108 Å². The van der Waals surface area contributed by atoms with E-state index in [1.54, 1.807) is 12.1 Å². The largest absolute Gasteiger partial charge is 0.223 e. The fourth-order valence-corrected chi connectivity index (χ4v) is 4.68. The molecule has 0 aliphatic heterocycles. The summed E-state index contributed by atoms with van der Waals surface area (Å²) in [6, 6.07) is 25.7. The van der Waals surface area contributed by atoms with Gasteiger partial charge in [-0.05, 0) is 35.8 Å². The third-order valence-electron chi connectivity index (χ3n) is 4.22. The van der Waals surface area contributed by atoms with Crippen LogP contribution in [0.15, 0.2) is 96.4 Å². The molecule has 126 valence electrons. The quantitative estimate of drug-likeness (QED) is 0.633. The number of rotatable bonds is 5. The van der Waals surface area contributed by atoms with Gasteiger partial charge < -0.3 is 0 Å². The van der Waals surface area contributed by atoms with Crippen molar-refractivity contribution in [3.63, 3.8) is 0 Å². The SMILES string of the molecule is C=C(c1ccccc1)C(c1ccccc1)S(=O)(=O)c1ccc(C)cc1. The zero-order valence-electron chi connectivity index (χ0n) is 14.1. The van der Waals surface area contributed by atoms with E-state index < -0.39 is 15.1 Å². The van der Waals surface area contributed by atoms with E-state index in [1.165, 1.54) is 0 Å². The number of sulfone groups is 1. The Kier molecular flexibility index (Phi) is 4.86. The van der Waals surface area contributed by atoms with Crippen LogP contribution in [0.25, 0.3) is 5.57 Å². The standard InChI is InChI=1S/C22H20O2S/c1-17-13-15-21(16-14-17)25(23,24)22(20-11-7-4-8-12-20)18(2)19-9-5-3-6-10-19/h3-16,22H,2H2,1H3. The maximum absolute atomic E-state index is 13.4. The van der Waals surface area contributed by atoms with Gasteiger partial charge in [0.2, 0.25) is 0 Å². The summed E-state index contributed by atoms with van der Waals surface area (Å²) in [7, 11) is -3.62. The fourth-order valence-electron chi connectivity index (χ4n) is 2.86. The van der Waals surface area contributed by atoms with Crippen molar-refractivity contribution in [3.8, 4) is 0 Å². The second kappa shape index (κ2) is 7.08. The Labute approximate surface area is 149 Å². The molecule has 2 nitrogen and oxygen atoms in total. The lowest BCUT2D eigenvalue weighted by molar-refractivity contribution is 0.591. The van der Waals surface area contributed by atoms with Crippen LogP contribution in [-0.2, 0) is 9.84 Å². The van der Waals surface area contributed by atoms with Crippen molar-refractivity contribution >= 4 is 15.4 Å². The Hall–Kier alpha value is -2.65. The molecule has 1 atom stereocenters. The summed E-state index contributed by atoms with van der Waals surface area (Å²) < 4.78 is 26.8. The summed E-state index contributed by atoms with van der Waals surface area (Å²) in [5.74, 6) is 0. The Morgan fingerprint density at radius 2 is 1.32 bits per heavy atom. The molecule has 0 amide bonds. The number of aryl methyl sites for hydroxylation is 1. The minimum Gasteiger partial charge on any atom is -0.223 e. The van der Waals surface area contributed by atoms with Gasteiger partial charge in [0.15, 0.2) is 9.84 Å². The van der Waals surface area contributed by atoms with E-state index in [1.807, 2.05) is 79.7 Å². The normalized spacial score (nSPS) is 12.5. The van der Waals surface area contributed by atoms with Gasteiger partial charge in [0.25, 0.3) is 0 Å². The van der Waals surface area contributed by atoms with Gasteiger partial charge in [-0.2, -0.15) is 0 Å². The molecule has 0 aromatic heterocycles. The molecule has 0 bridgehead atoms. The second-order valence-electron chi connectivity index (χ2n) is 6.04. The van der Waals surface area contributed by atoms with Crippen LogP contribution < -0.4 is 0 Å². The van der Waals surface area contributed by atoms with Crippen LogP contribution in [0.3, 0.4) is 0 Å². The lowest BCUT2D eigenvalue weighted by Gasteiger charge is -2.21. The zero-order valence-corrected chi connectivity index (χ0v) is 14.9. The van der Waals surface area contributed by atoms with Crippen LogP contribution in [-0.4, -0.2) is 8.42 Å². The van der Waals surface area contributed by atoms with Crippen LogP contribution >= 0.6 is 0 Å². The Morgan fingerprint density at radius 3 is 1.88 bits per heavy atom. The van der Waals surface area contributed by atoms with Gasteiger partial charge in [-0.3, -0.25) is 0 Å². The first kappa shape index (κ1) is 17.2. The highest BCUT2D eigenvalue weighted by molar-refractivity contribution is 7.92. The van der Waals surface area contributed by atoms with E-state index in [9.17, 15) is 8.42 Å². The first-order valence-electron chi connectivity index (χ1n) is 8.10. The number of hydrogen-bond acceptors (Lipinski definition) is 2. The molecule has 0 heterocycles. The lowest BCUT2D eigenvalue weighted by atomic mass is 9.99. The molecule has 0 saturated carbocycles. The molecular formula is C22H20O2S. The molecule has 0 aliphatic rings. The summed E-state index contributed by atoms with van der Waals surface area (Å²) in [6.45, 7) is 6.07. The van der Waals surface area contributed by atoms with Crippen molar-refractivity contribution in [1.82, 2.24) is 0 Å². The number of hydrogen-bond donors (Lipinski definition) is 0. The zero-order chi connectivity index (χ0) is 17.9. The monoisotopic (exact) mass is 348 g/mol. The maximum atomic E-state index is 13.4. The van der Waals surface area contributed by atoms with Crippen molar-refractivity contribution in [2.45, 2.75) is 17.1 Å². The second-order valence-corrected chi connectivity index (χ2v) is 8.07. The fraction of sp³-hybridized carbons (Fsp3) is 0.0909. The predicted octanol–water partition coefficient (Wildman–Crippen LogP) is 5.22. The maximum Gasteiger partial charge on any atom is 0.189 e. The van der Waals surface area contributed by atoms with Crippen molar-refractivity contribution in [1.29, 1.82) is 0 Å². The van der Waals surface area contributed by atoms with Crippen molar-refractivity contribution in [2.24, 2.45) is 0 Å². The van der Waals surface area contributed by atoms with E-state index in [-0.39, 0.29) is 0 Å². The third-order valence-corrected chi connectivity index (χ3v) is 6.33. The average Bonchev–Trinajstić information content (AvgIpc) is 2.63. The first-order chi connectivity index (χ1) is 12.0. The molecule has 3 heteroatoms. The molecule has 0 saturated heterocycles. The lowest BCUT2D eigenvalue weighted by Crippen LogP contribution is -2.15. The van der Waals surface area contributed by atoms with Crippen LogP contribution in [0.5, 0.6) is 0 Å². The topological polar surface area (TPSA) is 34.1 Å². The molecule has 3 rings (SSSR count). The molecule has 0 spiro atoms. The van der Waals surface area contributed by atoms with Crippen LogP contribution in [0.1, 0.15) is 21.9 Å². The van der Waals surface area contributed by atoms with Gasteiger partial charge in [0.1, 0.15) is 5.25 Å². The summed E-state index contributed by atoms with van der Waals surface area (Å²) in [5, 5.41) is -0.821. The van der Waals surface area contributed by atoms with Crippen LogP contribution in [0.2, 0.25) is 0 Å². The molecule has 1 unspecified atom stereocenters. The van der Waals surface area contributed by atoms with Crippen molar-refractivity contribution < 1.29 is 8.42 Å². The average molecular weight is 348 g/mol. The van der Waals surface area contributed by atoms with Gasteiger partial charge in [-0.25, -0.2) is 8.42 Å². The van der Waals surface area contributed by atoms with E-state index >= 15 is 0 Å². The van der Waals surface area contributed by atoms with E-state index in [2.05, 4.69) is 6.58 Å². The molecular weight excluding hydrogens is 328 g/mol. The summed E-state index contributed by atoms with van der Waals surface area (Å²) in [6.07, 6.45) is 0. The Balaban J connectivity index is 2.15. The predicted molar refractivity (Wildman–Crippen MR) is 103 cm³/mol. The summed E-state index contributed by atoms with van der Waals surface area (Å²) in [5.41, 5.74) is 3.15. The van der Waals surface area contributed by atoms with Gasteiger partial charge in [-0.15, -0.1) is 0 Å². The molecule has 25 heavy (non-hydrogen) atoms. The summed E-state index contributed by atoms with van der Waals surface area (Å²) in [4.78, 5) is 0.309. The van der Waals surface area contributed by atoms with Gasteiger partial charge in [-0.1, -0.05) is 84.9 Å². The molecule has 0 radical (unpaired) electrons. The molecule has 3 aromatic rings. The Bertz CT molecular complexity index is 958. The van der Waals surface area contributed by atoms with Crippen LogP contribution in [0.4, 0.5) is 0 Å². The van der Waals surface area contributed by atoms with Crippen LogP contribution in [0, 0.1) is 6.92 Å². The van der Waals surface area contributed by atoms with Gasteiger partial charge in [0.05, 0.1) is 4.90 Å². The molecule has 3 aromatic carbocycles. The summed E-state index contributed by atoms with van der Waals surface area (Å²) >= 11 is 0. The minimum absolute atomic E-state index is 0.309. The van der Waals surface area contributed by atoms with E-state index in [4.69, 9.17) is 0 Å². The molecule has 0 aliphatic carbocycles. The van der Waals surface area contributed by atoms with E-state index in [0.717, 1.165) is 16.7 Å². The molecule has 0 N–H and O–H groups in total. The smallest absolute Gasteiger partial charge is 0.189 e. The Morgan fingerprint density at radius 1 is 0.800 bits per heavy atom. The van der Waals surface area contributed by atoms with Gasteiger partial charge >= 0.3 is 0 Å². The third kappa shape index (κ3) is 3.57. The van der Waals surface area contributed by atoms with Crippen molar-refractivity contribution in [2.75, 3.05) is 0 Å².